The Labute approximate surface area is 92.7 Å². The Morgan fingerprint density at radius 3 is 2.88 bits per heavy atom. The molecule has 0 saturated carbocycles. The van der Waals surface area contributed by atoms with Crippen molar-refractivity contribution in [3.63, 3.8) is 0 Å². The number of ether oxygens (including phenoxy) is 1. The number of aromatic nitrogens is 1. The zero-order valence-corrected chi connectivity index (χ0v) is 8.77. The van der Waals surface area contributed by atoms with Gasteiger partial charge in [0.2, 0.25) is 0 Å². The molecule has 0 aliphatic rings. The Balaban J connectivity index is 2.34. The van der Waals surface area contributed by atoms with Gasteiger partial charge in [0.25, 0.3) is 5.88 Å². The Bertz CT molecular complexity index is 514. The molecule has 2 N–H and O–H groups in total. The SMILES string of the molecule is Cc1ccc(N)c(Oc2ncccc2F)c1. The zero-order chi connectivity index (χ0) is 11.5. The summed E-state index contributed by atoms with van der Waals surface area (Å²) in [5.74, 6) is -0.166. The van der Waals surface area contributed by atoms with Gasteiger partial charge in [0.1, 0.15) is 0 Å². The molecule has 1 aromatic heterocycles. The first-order valence-corrected chi connectivity index (χ1v) is 4.81. The highest BCUT2D eigenvalue weighted by molar-refractivity contribution is 5.54. The minimum absolute atomic E-state index is 0.0696. The molecule has 2 rings (SSSR count). The van der Waals surface area contributed by atoms with Crippen molar-refractivity contribution in [2.24, 2.45) is 0 Å². The highest BCUT2D eigenvalue weighted by Gasteiger charge is 2.07. The Kier molecular flexibility index (Phi) is 2.72. The first kappa shape index (κ1) is 10.4. The number of aryl methyl sites for hydroxylation is 1. The normalized spacial score (nSPS) is 10.1. The predicted molar refractivity (Wildman–Crippen MR) is 59.9 cm³/mol. The van der Waals surface area contributed by atoms with E-state index in [1.165, 1.54) is 18.3 Å². The molecule has 0 atom stereocenters. The summed E-state index contributed by atoms with van der Waals surface area (Å²) in [5, 5.41) is 0. The fourth-order valence-corrected chi connectivity index (χ4v) is 1.28. The lowest BCUT2D eigenvalue weighted by molar-refractivity contribution is 0.424. The van der Waals surface area contributed by atoms with Crippen LogP contribution in [0, 0.1) is 12.7 Å². The number of hydrogen-bond acceptors (Lipinski definition) is 3. The van der Waals surface area contributed by atoms with Gasteiger partial charge in [-0.3, -0.25) is 0 Å². The van der Waals surface area contributed by atoms with Crippen molar-refractivity contribution in [3.05, 3.63) is 47.9 Å². The van der Waals surface area contributed by atoms with E-state index in [0.29, 0.717) is 11.4 Å². The van der Waals surface area contributed by atoms with Gasteiger partial charge < -0.3 is 10.5 Å². The van der Waals surface area contributed by atoms with E-state index in [-0.39, 0.29) is 5.88 Å². The van der Waals surface area contributed by atoms with E-state index < -0.39 is 5.82 Å². The second-order valence-electron chi connectivity index (χ2n) is 3.43. The minimum Gasteiger partial charge on any atom is -0.434 e. The lowest BCUT2D eigenvalue weighted by atomic mass is 10.2. The maximum atomic E-state index is 13.3. The molecule has 2 aromatic rings. The summed E-state index contributed by atoms with van der Waals surface area (Å²) >= 11 is 0. The largest absolute Gasteiger partial charge is 0.434 e. The number of anilines is 1. The molecule has 16 heavy (non-hydrogen) atoms. The summed E-state index contributed by atoms with van der Waals surface area (Å²) in [6.07, 6.45) is 1.46. The average molecular weight is 218 g/mol. The lowest BCUT2D eigenvalue weighted by Gasteiger charge is -2.08. The molecule has 0 aliphatic heterocycles. The van der Waals surface area contributed by atoms with Crippen LogP contribution in [-0.4, -0.2) is 4.98 Å². The van der Waals surface area contributed by atoms with E-state index in [2.05, 4.69) is 4.98 Å². The van der Waals surface area contributed by atoms with E-state index in [1.54, 1.807) is 12.1 Å². The fraction of sp³-hybridized carbons (Fsp3) is 0.0833. The van der Waals surface area contributed by atoms with Gasteiger partial charge in [-0.2, -0.15) is 0 Å². The van der Waals surface area contributed by atoms with Crippen molar-refractivity contribution in [2.45, 2.75) is 6.92 Å². The Morgan fingerprint density at radius 1 is 1.31 bits per heavy atom. The molecule has 0 bridgehead atoms. The number of nitrogens with two attached hydrogens (primary N) is 1. The van der Waals surface area contributed by atoms with Gasteiger partial charge in [-0.25, -0.2) is 9.37 Å². The lowest BCUT2D eigenvalue weighted by Crippen LogP contribution is -1.95. The monoisotopic (exact) mass is 218 g/mol. The molecule has 0 amide bonds. The maximum absolute atomic E-state index is 13.3. The van der Waals surface area contributed by atoms with Crippen LogP contribution in [0.25, 0.3) is 0 Å². The van der Waals surface area contributed by atoms with Crippen LogP contribution in [0.4, 0.5) is 10.1 Å². The molecule has 0 spiro atoms. The quantitative estimate of drug-likeness (QED) is 0.788. The number of pyridine rings is 1. The minimum atomic E-state index is -0.511. The number of rotatable bonds is 2. The average Bonchev–Trinajstić information content (AvgIpc) is 2.27. The molecule has 0 saturated heterocycles. The van der Waals surface area contributed by atoms with Crippen molar-refractivity contribution in [2.75, 3.05) is 5.73 Å². The topological polar surface area (TPSA) is 48.1 Å². The van der Waals surface area contributed by atoms with Gasteiger partial charge in [-0.05, 0) is 36.8 Å². The second-order valence-corrected chi connectivity index (χ2v) is 3.43. The van der Waals surface area contributed by atoms with Crippen LogP contribution in [0.2, 0.25) is 0 Å². The number of nitrogen functional groups attached to an aromatic ring is 1. The van der Waals surface area contributed by atoms with Crippen LogP contribution in [-0.2, 0) is 0 Å². The van der Waals surface area contributed by atoms with Crippen molar-refractivity contribution >= 4 is 5.69 Å². The molecule has 0 aliphatic carbocycles. The van der Waals surface area contributed by atoms with Crippen LogP contribution in [0.5, 0.6) is 11.6 Å². The van der Waals surface area contributed by atoms with Gasteiger partial charge in [0.15, 0.2) is 11.6 Å². The standard InChI is InChI=1S/C12H11FN2O/c1-8-4-5-10(14)11(7-8)16-12-9(13)3-2-6-15-12/h2-7H,14H2,1H3. The van der Waals surface area contributed by atoms with Gasteiger partial charge >= 0.3 is 0 Å². The number of hydrogen-bond donors (Lipinski definition) is 1. The molecule has 1 heterocycles. The molecular weight excluding hydrogens is 207 g/mol. The predicted octanol–water partition coefficient (Wildman–Crippen LogP) is 2.90. The van der Waals surface area contributed by atoms with Gasteiger partial charge in [-0.15, -0.1) is 0 Å². The third-order valence-electron chi connectivity index (χ3n) is 2.10. The Hall–Kier alpha value is -2.10. The van der Waals surface area contributed by atoms with E-state index >= 15 is 0 Å². The summed E-state index contributed by atoms with van der Waals surface area (Å²) in [7, 11) is 0. The fourth-order valence-electron chi connectivity index (χ4n) is 1.28. The summed E-state index contributed by atoms with van der Waals surface area (Å²) in [6.45, 7) is 1.90. The van der Waals surface area contributed by atoms with Crippen molar-refractivity contribution < 1.29 is 9.13 Å². The van der Waals surface area contributed by atoms with E-state index in [9.17, 15) is 4.39 Å². The highest BCUT2D eigenvalue weighted by Crippen LogP contribution is 2.28. The molecule has 1 aromatic carbocycles. The maximum Gasteiger partial charge on any atom is 0.255 e. The summed E-state index contributed by atoms with van der Waals surface area (Å²) in [4.78, 5) is 3.79. The van der Waals surface area contributed by atoms with E-state index in [1.807, 2.05) is 13.0 Å². The van der Waals surface area contributed by atoms with E-state index in [0.717, 1.165) is 5.56 Å². The number of nitrogens with zero attached hydrogens (tertiary/aromatic N) is 1. The van der Waals surface area contributed by atoms with Gasteiger partial charge in [-0.1, -0.05) is 6.07 Å². The summed E-state index contributed by atoms with van der Waals surface area (Å²) in [5.41, 5.74) is 7.15. The smallest absolute Gasteiger partial charge is 0.255 e. The summed E-state index contributed by atoms with van der Waals surface area (Å²) in [6, 6.07) is 8.10. The summed E-state index contributed by atoms with van der Waals surface area (Å²) < 4.78 is 18.6. The molecule has 4 heteroatoms. The van der Waals surface area contributed by atoms with Crippen LogP contribution < -0.4 is 10.5 Å². The molecule has 0 radical (unpaired) electrons. The molecule has 0 unspecified atom stereocenters. The number of halogens is 1. The van der Waals surface area contributed by atoms with Gasteiger partial charge in [0, 0.05) is 6.20 Å². The van der Waals surface area contributed by atoms with Crippen LogP contribution in [0.3, 0.4) is 0 Å². The zero-order valence-electron chi connectivity index (χ0n) is 8.77. The molecular formula is C12H11FN2O. The first-order valence-electron chi connectivity index (χ1n) is 4.81. The van der Waals surface area contributed by atoms with Crippen LogP contribution >= 0.6 is 0 Å². The molecule has 0 fully saturated rings. The van der Waals surface area contributed by atoms with Crippen molar-refractivity contribution in [1.29, 1.82) is 0 Å². The second kappa shape index (κ2) is 4.18. The van der Waals surface area contributed by atoms with Crippen LogP contribution in [0.1, 0.15) is 5.56 Å². The molecule has 3 nitrogen and oxygen atoms in total. The third-order valence-corrected chi connectivity index (χ3v) is 2.10. The Morgan fingerprint density at radius 2 is 2.12 bits per heavy atom. The van der Waals surface area contributed by atoms with Crippen molar-refractivity contribution in [3.8, 4) is 11.6 Å². The van der Waals surface area contributed by atoms with Crippen LogP contribution in [0.15, 0.2) is 36.5 Å². The highest BCUT2D eigenvalue weighted by atomic mass is 19.1. The van der Waals surface area contributed by atoms with Gasteiger partial charge in [0.05, 0.1) is 5.69 Å². The molecule has 82 valence electrons. The van der Waals surface area contributed by atoms with Crippen molar-refractivity contribution in [1.82, 2.24) is 4.98 Å². The third kappa shape index (κ3) is 2.11. The first-order chi connectivity index (χ1) is 7.66. The number of benzene rings is 1. The van der Waals surface area contributed by atoms with E-state index in [4.69, 9.17) is 10.5 Å².